The molecule has 1 aromatic carbocycles. The minimum absolute atomic E-state index is 0.156. The van der Waals surface area contributed by atoms with E-state index in [2.05, 4.69) is 11.9 Å². The van der Waals surface area contributed by atoms with Gasteiger partial charge in [-0.1, -0.05) is 17.7 Å². The summed E-state index contributed by atoms with van der Waals surface area (Å²) in [6.45, 7) is 2.88. The Balaban J connectivity index is 1.76. The zero-order valence-corrected chi connectivity index (χ0v) is 12.8. The van der Waals surface area contributed by atoms with Crippen LogP contribution in [0.2, 0.25) is 0 Å². The normalized spacial score (nSPS) is 30.6. The van der Waals surface area contributed by atoms with Crippen molar-refractivity contribution in [2.45, 2.75) is 43.2 Å². The zero-order valence-electron chi connectivity index (χ0n) is 12.0. The van der Waals surface area contributed by atoms with Crippen molar-refractivity contribution in [3.8, 4) is 0 Å². The number of fused-ring (bicyclic) bond motifs is 3. The first-order valence-corrected chi connectivity index (χ1v) is 8.57. The molecule has 4 rings (SSSR count). The van der Waals surface area contributed by atoms with Gasteiger partial charge in [-0.2, -0.15) is 8.42 Å². The van der Waals surface area contributed by atoms with Crippen LogP contribution >= 0.6 is 0 Å². The van der Waals surface area contributed by atoms with E-state index in [9.17, 15) is 8.42 Å². The Hall–Kier alpha value is -0.910. The molecule has 0 amide bonds. The molecule has 0 N–H and O–H groups in total. The van der Waals surface area contributed by atoms with Crippen LogP contribution in [0.3, 0.4) is 0 Å². The maximum absolute atomic E-state index is 12.3. The molecule has 4 nitrogen and oxygen atoms in total. The van der Waals surface area contributed by atoms with E-state index in [1.807, 2.05) is 6.92 Å². The molecule has 2 bridgehead atoms. The molecule has 20 heavy (non-hydrogen) atoms. The van der Waals surface area contributed by atoms with Crippen molar-refractivity contribution in [2.75, 3.05) is 13.6 Å². The molecule has 2 aliphatic heterocycles. The predicted molar refractivity (Wildman–Crippen MR) is 77.0 cm³/mol. The highest BCUT2D eigenvalue weighted by atomic mass is 32.2. The summed E-state index contributed by atoms with van der Waals surface area (Å²) in [5, 5.41) is 0. The summed E-state index contributed by atoms with van der Waals surface area (Å²) < 4.78 is 30.2. The van der Waals surface area contributed by atoms with Gasteiger partial charge in [-0.05, 0) is 51.3 Å². The summed E-state index contributed by atoms with van der Waals surface area (Å²) in [5.74, 6) is 0.338. The number of hydrogen-bond acceptors (Lipinski definition) is 4. The Morgan fingerprint density at radius 3 is 2.45 bits per heavy atom. The predicted octanol–water partition coefficient (Wildman–Crippen LogP) is 2.18. The summed E-state index contributed by atoms with van der Waals surface area (Å²) in [6, 6.07) is 7.32. The second-order valence-corrected chi connectivity index (χ2v) is 7.64. The molecule has 3 atom stereocenters. The smallest absolute Gasteiger partial charge is 0.297 e. The number of hydrogen-bond donors (Lipinski definition) is 0. The largest absolute Gasteiger partial charge is 0.303 e. The fourth-order valence-corrected chi connectivity index (χ4v) is 4.48. The van der Waals surface area contributed by atoms with Crippen molar-refractivity contribution in [3.63, 3.8) is 0 Å². The van der Waals surface area contributed by atoms with E-state index in [0.717, 1.165) is 31.4 Å². The second-order valence-electron chi connectivity index (χ2n) is 6.07. The van der Waals surface area contributed by atoms with E-state index in [4.69, 9.17) is 4.18 Å². The molecule has 3 fully saturated rings. The first kappa shape index (κ1) is 14.0. The third kappa shape index (κ3) is 2.62. The third-order valence-corrected chi connectivity index (χ3v) is 5.96. The summed E-state index contributed by atoms with van der Waals surface area (Å²) in [6.07, 6.45) is 2.90. The molecule has 2 heterocycles. The molecular formula is C15H21NO3S. The molecule has 0 unspecified atom stereocenters. The topological polar surface area (TPSA) is 46.6 Å². The molecule has 1 saturated carbocycles. The van der Waals surface area contributed by atoms with Crippen LogP contribution in [0, 0.1) is 12.8 Å². The van der Waals surface area contributed by atoms with Crippen LogP contribution in [0.5, 0.6) is 0 Å². The first-order valence-electron chi connectivity index (χ1n) is 7.16. The van der Waals surface area contributed by atoms with Crippen LogP contribution in [0.25, 0.3) is 0 Å². The van der Waals surface area contributed by atoms with Gasteiger partial charge in [0.1, 0.15) is 0 Å². The van der Waals surface area contributed by atoms with E-state index in [0.29, 0.717) is 12.0 Å². The molecular weight excluding hydrogens is 274 g/mol. The van der Waals surface area contributed by atoms with E-state index >= 15 is 0 Å². The SMILES string of the molecule is Cc1ccc(S(=O)(=O)O[C@H]2C[C@H]3CC[C@H]2CN3C)cc1. The van der Waals surface area contributed by atoms with E-state index in [1.54, 1.807) is 24.3 Å². The zero-order chi connectivity index (χ0) is 14.3. The maximum Gasteiger partial charge on any atom is 0.297 e. The lowest BCUT2D eigenvalue weighted by molar-refractivity contribution is -0.0216. The molecule has 1 aliphatic carbocycles. The molecule has 0 aromatic heterocycles. The van der Waals surface area contributed by atoms with Gasteiger partial charge in [0.15, 0.2) is 0 Å². The molecule has 3 aliphatic rings. The number of benzene rings is 1. The first-order chi connectivity index (χ1) is 9.45. The minimum atomic E-state index is -3.64. The van der Waals surface area contributed by atoms with Crippen molar-refractivity contribution < 1.29 is 12.6 Å². The molecule has 5 heteroatoms. The van der Waals surface area contributed by atoms with Crippen molar-refractivity contribution >= 4 is 10.1 Å². The lowest BCUT2D eigenvalue weighted by Gasteiger charge is -2.47. The van der Waals surface area contributed by atoms with Gasteiger partial charge in [0.25, 0.3) is 10.1 Å². The number of nitrogens with zero attached hydrogens (tertiary/aromatic N) is 1. The highest BCUT2D eigenvalue weighted by molar-refractivity contribution is 7.86. The van der Waals surface area contributed by atoms with Gasteiger partial charge in [0.05, 0.1) is 11.0 Å². The monoisotopic (exact) mass is 295 g/mol. The molecule has 2 saturated heterocycles. The molecule has 0 radical (unpaired) electrons. The molecule has 110 valence electrons. The van der Waals surface area contributed by atoms with Crippen molar-refractivity contribution in [2.24, 2.45) is 5.92 Å². The quantitative estimate of drug-likeness (QED) is 0.802. The number of piperidine rings is 2. The lowest BCUT2D eigenvalue weighted by atomic mass is 9.78. The fraction of sp³-hybridized carbons (Fsp3) is 0.600. The number of aryl methyl sites for hydroxylation is 1. The van der Waals surface area contributed by atoms with Gasteiger partial charge < -0.3 is 4.90 Å². The van der Waals surface area contributed by atoms with Gasteiger partial charge in [-0.15, -0.1) is 0 Å². The van der Waals surface area contributed by atoms with Crippen molar-refractivity contribution in [1.29, 1.82) is 0 Å². The second kappa shape index (κ2) is 5.13. The lowest BCUT2D eigenvalue weighted by Crippen LogP contribution is -2.53. The number of rotatable bonds is 3. The Kier molecular flexibility index (Phi) is 3.60. The summed E-state index contributed by atoms with van der Waals surface area (Å²) in [5.41, 5.74) is 1.04. The summed E-state index contributed by atoms with van der Waals surface area (Å²) in [4.78, 5) is 2.59. The highest BCUT2D eigenvalue weighted by Gasteiger charge is 2.41. The minimum Gasteiger partial charge on any atom is -0.303 e. The van der Waals surface area contributed by atoms with E-state index in [1.165, 1.54) is 0 Å². The van der Waals surface area contributed by atoms with Gasteiger partial charge in [0, 0.05) is 12.6 Å². The fourth-order valence-electron chi connectivity index (χ4n) is 3.34. The van der Waals surface area contributed by atoms with Crippen LogP contribution in [-0.2, 0) is 14.3 Å². The highest BCUT2D eigenvalue weighted by Crippen LogP contribution is 2.37. The average Bonchev–Trinajstić information content (AvgIpc) is 2.40. The van der Waals surface area contributed by atoms with E-state index < -0.39 is 10.1 Å². The van der Waals surface area contributed by atoms with Crippen LogP contribution in [0.15, 0.2) is 29.2 Å². The van der Waals surface area contributed by atoms with Crippen LogP contribution in [0.4, 0.5) is 0 Å². The van der Waals surface area contributed by atoms with Crippen LogP contribution in [0.1, 0.15) is 24.8 Å². The van der Waals surface area contributed by atoms with Crippen molar-refractivity contribution in [3.05, 3.63) is 29.8 Å². The molecule has 1 aromatic rings. The third-order valence-electron chi connectivity index (χ3n) is 4.61. The average molecular weight is 295 g/mol. The standard InChI is InChI=1S/C15H21NO3S/c1-11-3-7-14(8-4-11)20(17,18)19-15-9-13-6-5-12(15)10-16(13)2/h3-4,7-8,12-13,15H,5-6,9-10H2,1-2H3/t12-,13+,15-/m0/s1. The van der Waals surface area contributed by atoms with E-state index in [-0.39, 0.29) is 11.0 Å². The maximum atomic E-state index is 12.3. The van der Waals surface area contributed by atoms with Gasteiger partial charge in [-0.3, -0.25) is 4.18 Å². The van der Waals surface area contributed by atoms with Crippen molar-refractivity contribution in [1.82, 2.24) is 4.90 Å². The summed E-state index contributed by atoms with van der Waals surface area (Å²) in [7, 11) is -1.52. The van der Waals surface area contributed by atoms with Crippen LogP contribution in [-0.4, -0.2) is 39.1 Å². The Labute approximate surface area is 120 Å². The van der Waals surface area contributed by atoms with Gasteiger partial charge >= 0.3 is 0 Å². The van der Waals surface area contributed by atoms with Gasteiger partial charge in [-0.25, -0.2) is 0 Å². The summed E-state index contributed by atoms with van der Waals surface area (Å²) >= 11 is 0. The van der Waals surface area contributed by atoms with Gasteiger partial charge in [0.2, 0.25) is 0 Å². The molecule has 0 spiro atoms. The Morgan fingerprint density at radius 2 is 1.90 bits per heavy atom. The Morgan fingerprint density at radius 1 is 1.20 bits per heavy atom. The van der Waals surface area contributed by atoms with Crippen LogP contribution < -0.4 is 0 Å². The Bertz CT molecular complexity index is 582.